The van der Waals surface area contributed by atoms with E-state index in [1.54, 1.807) is 26.7 Å². The van der Waals surface area contributed by atoms with E-state index in [0.29, 0.717) is 0 Å². The van der Waals surface area contributed by atoms with Gasteiger partial charge in [0.05, 0.1) is 0 Å². The van der Waals surface area contributed by atoms with Crippen LogP contribution in [0.25, 0.3) is 0 Å². The summed E-state index contributed by atoms with van der Waals surface area (Å²) < 4.78 is 0.0574. The molecule has 0 amide bonds. The first-order valence-electron chi connectivity index (χ1n) is 14.2. The molecule has 0 spiro atoms. The zero-order chi connectivity index (χ0) is 28.4. The zero-order valence-corrected chi connectivity index (χ0v) is 28.8. The zero-order valence-electron chi connectivity index (χ0n) is 26.2. The molecule has 1 aliphatic rings. The summed E-state index contributed by atoms with van der Waals surface area (Å²) in [6, 6.07) is 22.4. The third-order valence-corrected chi connectivity index (χ3v) is 24.3. The van der Waals surface area contributed by atoms with Crippen molar-refractivity contribution in [1.82, 2.24) is 0 Å². The van der Waals surface area contributed by atoms with E-state index in [1.165, 1.54) is 44.5 Å². The number of hydrogen-bond acceptors (Lipinski definition) is 0. The fourth-order valence-corrected chi connectivity index (χ4v) is 27.4. The second-order valence-corrected chi connectivity index (χ2v) is 26.3. The van der Waals surface area contributed by atoms with Crippen LogP contribution in [0.4, 0.5) is 0 Å². The molecule has 2 heteroatoms. The molecule has 0 N–H and O–H groups in total. The predicted molar refractivity (Wildman–Crippen MR) is 169 cm³/mol. The van der Waals surface area contributed by atoms with E-state index in [1.807, 2.05) is 0 Å². The van der Waals surface area contributed by atoms with Crippen LogP contribution in [0.5, 0.6) is 0 Å². The van der Waals surface area contributed by atoms with Crippen molar-refractivity contribution in [3.8, 4) is 0 Å². The van der Waals surface area contributed by atoms with Crippen molar-refractivity contribution in [3.63, 3.8) is 0 Å². The summed E-state index contributed by atoms with van der Waals surface area (Å²) >= 11 is -2.60. The van der Waals surface area contributed by atoms with Crippen LogP contribution >= 0.6 is 0 Å². The van der Waals surface area contributed by atoms with Crippen molar-refractivity contribution >= 4 is 23.6 Å². The number of allylic oxidation sites excluding steroid dienone is 4. The topological polar surface area (TPSA) is 0 Å². The van der Waals surface area contributed by atoms with Gasteiger partial charge < -0.3 is 0 Å². The van der Waals surface area contributed by atoms with Crippen LogP contribution in [0.1, 0.15) is 61.1 Å². The predicted octanol–water partition coefficient (Wildman–Crippen LogP) is 8.69. The van der Waals surface area contributed by atoms with Crippen LogP contribution < -0.4 is 15.6 Å². The van der Waals surface area contributed by atoms with Crippen molar-refractivity contribution < 1.29 is 16.6 Å². The van der Waals surface area contributed by atoms with Gasteiger partial charge in [0, 0.05) is 0 Å². The van der Waals surface area contributed by atoms with Gasteiger partial charge in [-0.1, -0.05) is 0 Å². The monoisotopic (exact) mass is 556 g/mol. The molecule has 0 saturated carbocycles. The Hall–Kier alpha value is -1.93. The van der Waals surface area contributed by atoms with E-state index in [2.05, 4.69) is 140 Å². The van der Waals surface area contributed by atoms with Crippen molar-refractivity contribution in [3.05, 3.63) is 110 Å². The third-order valence-electron chi connectivity index (χ3n) is 9.46. The van der Waals surface area contributed by atoms with Crippen LogP contribution in [0.15, 0.2) is 76.9 Å². The second-order valence-electron chi connectivity index (χ2n) is 13.4. The Morgan fingerprint density at radius 1 is 0.421 bits per heavy atom. The van der Waals surface area contributed by atoms with E-state index in [-0.39, 0.29) is 3.34 Å². The molecule has 0 nitrogen and oxygen atoms in total. The number of benzene rings is 3. The fourth-order valence-electron chi connectivity index (χ4n) is 8.38. The SMILES string of the molecule is CC1=C(C)[C]([Si](c2cc(C)cc(C)c2)(c2cc(C)cc(C)c2)c2cc(C)cc(C)c2)([Ti]([CH3])([CH3])[CH3])C(C)=C1C. The number of rotatable bonds is 5. The number of aryl methyl sites for hydroxylation is 6. The summed E-state index contributed by atoms with van der Waals surface area (Å²) in [5.74, 6) is 0. The minimum atomic E-state index is -2.71. The molecule has 4 rings (SSSR count). The van der Waals surface area contributed by atoms with E-state index in [0.717, 1.165) is 0 Å². The van der Waals surface area contributed by atoms with Crippen LogP contribution in [0.2, 0.25) is 19.0 Å². The summed E-state index contributed by atoms with van der Waals surface area (Å²) in [5.41, 5.74) is 14.6. The fraction of sp³-hybridized carbons (Fsp3) is 0.389. The summed E-state index contributed by atoms with van der Waals surface area (Å²) in [6.45, 7) is 23.5. The van der Waals surface area contributed by atoms with Crippen molar-refractivity contribution in [2.45, 2.75) is 88.3 Å². The van der Waals surface area contributed by atoms with Crippen LogP contribution in [-0.4, -0.2) is 8.07 Å². The Morgan fingerprint density at radius 3 is 0.868 bits per heavy atom. The molecule has 3 aromatic rings. The van der Waals surface area contributed by atoms with Gasteiger partial charge in [-0.15, -0.1) is 0 Å². The van der Waals surface area contributed by atoms with Gasteiger partial charge in [-0.25, -0.2) is 0 Å². The minimum absolute atomic E-state index is 0.0574. The molecule has 1 aliphatic carbocycles. The molecule has 0 saturated heterocycles. The van der Waals surface area contributed by atoms with E-state index < -0.39 is 24.7 Å². The molecule has 38 heavy (non-hydrogen) atoms. The summed E-state index contributed by atoms with van der Waals surface area (Å²) in [4.78, 5) is 0. The summed E-state index contributed by atoms with van der Waals surface area (Å²) in [6.07, 6.45) is 0. The van der Waals surface area contributed by atoms with Crippen LogP contribution in [0.3, 0.4) is 0 Å². The van der Waals surface area contributed by atoms with Gasteiger partial charge in [-0.05, 0) is 0 Å². The Bertz CT molecular complexity index is 1280. The van der Waals surface area contributed by atoms with E-state index in [9.17, 15) is 0 Å². The van der Waals surface area contributed by atoms with Gasteiger partial charge in [-0.2, -0.15) is 0 Å². The molecular formula is C36H48SiTi. The average molecular weight is 557 g/mol. The van der Waals surface area contributed by atoms with Gasteiger partial charge in [0.2, 0.25) is 0 Å². The normalized spacial score (nSPS) is 16.0. The first-order chi connectivity index (χ1) is 17.6. The molecule has 3 aromatic carbocycles. The van der Waals surface area contributed by atoms with Crippen molar-refractivity contribution in [1.29, 1.82) is 0 Å². The molecule has 0 fully saturated rings. The van der Waals surface area contributed by atoms with Crippen LogP contribution in [0, 0.1) is 41.5 Å². The molecule has 200 valence electrons. The van der Waals surface area contributed by atoms with Gasteiger partial charge >= 0.3 is 239 Å². The van der Waals surface area contributed by atoms with Gasteiger partial charge in [0.1, 0.15) is 0 Å². The molecule has 0 heterocycles. The first kappa shape index (κ1) is 29.1. The Morgan fingerprint density at radius 2 is 0.658 bits per heavy atom. The molecule has 0 aromatic heterocycles. The molecular weight excluding hydrogens is 508 g/mol. The van der Waals surface area contributed by atoms with Crippen LogP contribution in [-0.2, 0) is 16.6 Å². The van der Waals surface area contributed by atoms with Gasteiger partial charge in [-0.3, -0.25) is 0 Å². The van der Waals surface area contributed by atoms with E-state index >= 15 is 0 Å². The molecule has 0 aliphatic heterocycles. The van der Waals surface area contributed by atoms with Crippen molar-refractivity contribution in [2.75, 3.05) is 0 Å². The first-order valence-corrected chi connectivity index (χ1v) is 21.7. The molecule has 0 bridgehead atoms. The average Bonchev–Trinajstić information content (AvgIpc) is 2.94. The Balaban J connectivity index is 2.45. The summed E-state index contributed by atoms with van der Waals surface area (Å²) in [7, 11) is -2.71. The summed E-state index contributed by atoms with van der Waals surface area (Å²) in [5, 5.41) is 12.8. The molecule has 0 unspecified atom stereocenters. The Kier molecular flexibility index (Phi) is 7.59. The maximum absolute atomic E-state index is 2.71. The van der Waals surface area contributed by atoms with Gasteiger partial charge in [0.15, 0.2) is 0 Å². The molecule has 0 radical (unpaired) electrons. The third kappa shape index (κ3) is 4.21. The Labute approximate surface area is 237 Å². The maximum atomic E-state index is 2.69. The quantitative estimate of drug-likeness (QED) is 0.218. The van der Waals surface area contributed by atoms with Crippen molar-refractivity contribution in [2.24, 2.45) is 0 Å². The standard InChI is InChI=1S/C33H39Si.3CH3.Ti/c1-20-11-21(2)15-30(14-20)34(31-16-22(3)12-23(4)17-31,32-18-24(5)13-25(6)19-32)33-28(9)26(7)27(8)29(33)10;;;;/h11-19H,1-10H3;3*1H3;. The second kappa shape index (κ2) is 9.92. The number of hydrogen-bond donors (Lipinski definition) is 0. The van der Waals surface area contributed by atoms with E-state index in [4.69, 9.17) is 0 Å². The van der Waals surface area contributed by atoms with Gasteiger partial charge in [0.25, 0.3) is 0 Å². The molecule has 0 atom stereocenters.